The molecule has 0 fully saturated rings. The number of carbonyl (C=O) groups excluding carboxylic acids is 1. The summed E-state index contributed by atoms with van der Waals surface area (Å²) < 4.78 is 6.69. The summed E-state index contributed by atoms with van der Waals surface area (Å²) >= 11 is 9.29. The molecule has 8 heteroatoms. The molecule has 128 valence electrons. The van der Waals surface area contributed by atoms with Crippen LogP contribution in [-0.4, -0.2) is 21.9 Å². The third-order valence-electron chi connectivity index (χ3n) is 3.29. The van der Waals surface area contributed by atoms with E-state index in [4.69, 9.17) is 16.0 Å². The van der Waals surface area contributed by atoms with E-state index in [1.807, 2.05) is 25.1 Å². The van der Waals surface area contributed by atoms with Crippen LogP contribution < -0.4 is 5.32 Å². The Hall–Kier alpha value is -1.58. The molecule has 0 saturated heterocycles. The first-order valence-corrected chi connectivity index (χ1v) is 9.74. The van der Waals surface area contributed by atoms with E-state index in [1.165, 1.54) is 11.8 Å². The van der Waals surface area contributed by atoms with Crippen molar-refractivity contribution in [3.63, 3.8) is 0 Å². The predicted molar refractivity (Wildman–Crippen MR) is 108 cm³/mol. The number of hydrogen-bond donors (Lipinski definition) is 1. The highest BCUT2D eigenvalue weighted by Gasteiger charge is 2.12. The van der Waals surface area contributed by atoms with E-state index < -0.39 is 0 Å². The standard InChI is InChI=1S/C17H13ClIN3O2S/c1-10-8-13(19)6-7-14(10)20-15(23)9-25-17-22-21-16(24-17)11-2-4-12(18)5-3-11/h2-8H,9H2,1H3,(H,20,23). The number of aryl methyl sites for hydroxylation is 1. The van der Waals surface area contributed by atoms with Crippen molar-refractivity contribution < 1.29 is 9.21 Å². The van der Waals surface area contributed by atoms with Gasteiger partial charge in [-0.25, -0.2) is 0 Å². The first kappa shape index (κ1) is 18.2. The van der Waals surface area contributed by atoms with Crippen LogP contribution in [0.25, 0.3) is 11.5 Å². The van der Waals surface area contributed by atoms with E-state index in [2.05, 4.69) is 38.1 Å². The summed E-state index contributed by atoms with van der Waals surface area (Å²) in [5, 5.41) is 11.8. The van der Waals surface area contributed by atoms with Crippen molar-refractivity contribution in [3.8, 4) is 11.5 Å². The highest BCUT2D eigenvalue weighted by Crippen LogP contribution is 2.25. The zero-order valence-corrected chi connectivity index (χ0v) is 16.9. The smallest absolute Gasteiger partial charge is 0.277 e. The van der Waals surface area contributed by atoms with Gasteiger partial charge in [0, 0.05) is 19.8 Å². The van der Waals surface area contributed by atoms with Gasteiger partial charge in [-0.05, 0) is 77.5 Å². The molecule has 0 aliphatic carbocycles. The fourth-order valence-corrected chi connectivity index (χ4v) is 3.39. The Balaban J connectivity index is 1.58. The summed E-state index contributed by atoms with van der Waals surface area (Å²) in [7, 11) is 0. The topological polar surface area (TPSA) is 68.0 Å². The number of thioether (sulfide) groups is 1. The summed E-state index contributed by atoms with van der Waals surface area (Å²) in [6.07, 6.45) is 0. The molecule has 0 saturated carbocycles. The SMILES string of the molecule is Cc1cc(I)ccc1NC(=O)CSc1nnc(-c2ccc(Cl)cc2)o1. The number of aromatic nitrogens is 2. The molecule has 0 radical (unpaired) electrons. The summed E-state index contributed by atoms with van der Waals surface area (Å²) in [6, 6.07) is 13.0. The largest absolute Gasteiger partial charge is 0.411 e. The minimum atomic E-state index is -0.124. The van der Waals surface area contributed by atoms with E-state index in [-0.39, 0.29) is 11.7 Å². The average Bonchev–Trinajstić information content (AvgIpc) is 3.05. The molecule has 25 heavy (non-hydrogen) atoms. The third kappa shape index (κ3) is 4.96. The van der Waals surface area contributed by atoms with Crippen LogP contribution in [0.15, 0.2) is 52.1 Å². The second-order valence-electron chi connectivity index (χ2n) is 5.18. The molecule has 1 heterocycles. The molecule has 0 aliphatic heterocycles. The van der Waals surface area contributed by atoms with Crippen LogP contribution in [0.2, 0.25) is 5.02 Å². The quantitative estimate of drug-likeness (QED) is 0.405. The normalized spacial score (nSPS) is 10.7. The molecular weight excluding hydrogens is 473 g/mol. The van der Waals surface area contributed by atoms with Gasteiger partial charge >= 0.3 is 0 Å². The van der Waals surface area contributed by atoms with Gasteiger partial charge < -0.3 is 9.73 Å². The number of hydrogen-bond acceptors (Lipinski definition) is 5. The highest BCUT2D eigenvalue weighted by atomic mass is 127. The number of amides is 1. The second kappa shape index (κ2) is 8.20. The van der Waals surface area contributed by atoms with E-state index >= 15 is 0 Å². The van der Waals surface area contributed by atoms with Crippen LogP contribution >= 0.6 is 46.0 Å². The number of rotatable bonds is 5. The molecule has 3 aromatic rings. The van der Waals surface area contributed by atoms with Crippen molar-refractivity contribution in [2.45, 2.75) is 12.1 Å². The number of benzene rings is 2. The average molecular weight is 486 g/mol. The lowest BCUT2D eigenvalue weighted by atomic mass is 10.2. The molecule has 1 amide bonds. The molecule has 0 bridgehead atoms. The van der Waals surface area contributed by atoms with Crippen molar-refractivity contribution >= 4 is 57.5 Å². The lowest BCUT2D eigenvalue weighted by Crippen LogP contribution is -2.14. The predicted octanol–water partition coefficient (Wildman–Crippen LogP) is 5.03. The molecular formula is C17H13ClIN3O2S. The lowest BCUT2D eigenvalue weighted by Gasteiger charge is -2.07. The molecule has 0 spiro atoms. The molecule has 1 N–H and O–H groups in total. The Labute approximate surface area is 167 Å². The van der Waals surface area contributed by atoms with Gasteiger partial charge in [0.2, 0.25) is 11.8 Å². The van der Waals surface area contributed by atoms with Crippen molar-refractivity contribution in [1.29, 1.82) is 0 Å². The second-order valence-corrected chi connectivity index (χ2v) is 7.78. The van der Waals surface area contributed by atoms with Crippen LogP contribution in [0.1, 0.15) is 5.56 Å². The van der Waals surface area contributed by atoms with Gasteiger partial charge in [0.25, 0.3) is 5.22 Å². The van der Waals surface area contributed by atoms with Gasteiger partial charge in [-0.15, -0.1) is 10.2 Å². The van der Waals surface area contributed by atoms with Crippen molar-refractivity contribution in [1.82, 2.24) is 10.2 Å². The maximum absolute atomic E-state index is 12.1. The first-order valence-electron chi connectivity index (χ1n) is 7.29. The fraction of sp³-hybridized carbons (Fsp3) is 0.118. The van der Waals surface area contributed by atoms with Gasteiger partial charge in [-0.2, -0.15) is 0 Å². The van der Waals surface area contributed by atoms with Crippen LogP contribution in [-0.2, 0) is 4.79 Å². The van der Waals surface area contributed by atoms with Crippen LogP contribution in [0.5, 0.6) is 0 Å². The Morgan fingerprint density at radius 2 is 2.00 bits per heavy atom. The summed E-state index contributed by atoms with van der Waals surface area (Å²) in [4.78, 5) is 12.1. The molecule has 0 atom stereocenters. The molecule has 3 rings (SSSR count). The number of halogens is 2. The van der Waals surface area contributed by atoms with Crippen molar-refractivity contribution in [3.05, 3.63) is 56.6 Å². The molecule has 5 nitrogen and oxygen atoms in total. The number of carbonyl (C=O) groups is 1. The summed E-state index contributed by atoms with van der Waals surface area (Å²) in [6.45, 7) is 1.96. The maximum Gasteiger partial charge on any atom is 0.277 e. The fourth-order valence-electron chi connectivity index (χ4n) is 2.06. The Kier molecular flexibility index (Phi) is 5.98. The minimum Gasteiger partial charge on any atom is -0.411 e. The van der Waals surface area contributed by atoms with Gasteiger partial charge in [0.15, 0.2) is 0 Å². The summed E-state index contributed by atoms with van der Waals surface area (Å²) in [5.74, 6) is 0.460. The van der Waals surface area contributed by atoms with Gasteiger partial charge in [0.1, 0.15) is 0 Å². The van der Waals surface area contributed by atoms with Crippen LogP contribution in [0.3, 0.4) is 0 Å². The molecule has 1 aromatic heterocycles. The zero-order valence-electron chi connectivity index (χ0n) is 13.1. The highest BCUT2D eigenvalue weighted by molar-refractivity contribution is 14.1. The van der Waals surface area contributed by atoms with Crippen LogP contribution in [0, 0.1) is 10.5 Å². The van der Waals surface area contributed by atoms with E-state index in [0.29, 0.717) is 16.1 Å². The lowest BCUT2D eigenvalue weighted by molar-refractivity contribution is -0.113. The zero-order chi connectivity index (χ0) is 17.8. The molecule has 0 aliphatic rings. The number of nitrogens with one attached hydrogen (secondary N) is 1. The van der Waals surface area contributed by atoms with E-state index in [0.717, 1.165) is 20.4 Å². The van der Waals surface area contributed by atoms with Gasteiger partial charge in [-0.3, -0.25) is 4.79 Å². The first-order chi connectivity index (χ1) is 12.0. The minimum absolute atomic E-state index is 0.124. The van der Waals surface area contributed by atoms with Crippen molar-refractivity contribution in [2.24, 2.45) is 0 Å². The van der Waals surface area contributed by atoms with Crippen molar-refractivity contribution in [2.75, 3.05) is 11.1 Å². The molecule has 0 unspecified atom stereocenters. The van der Waals surface area contributed by atoms with Gasteiger partial charge in [0.05, 0.1) is 5.75 Å². The van der Waals surface area contributed by atoms with E-state index in [9.17, 15) is 4.79 Å². The Morgan fingerprint density at radius 1 is 1.24 bits per heavy atom. The van der Waals surface area contributed by atoms with Gasteiger partial charge in [-0.1, -0.05) is 23.4 Å². The number of nitrogens with zero attached hydrogens (tertiary/aromatic N) is 2. The Morgan fingerprint density at radius 3 is 2.72 bits per heavy atom. The third-order valence-corrected chi connectivity index (χ3v) is 5.03. The molecule has 2 aromatic carbocycles. The number of anilines is 1. The maximum atomic E-state index is 12.1. The monoisotopic (exact) mass is 485 g/mol. The Bertz CT molecular complexity index is 899. The van der Waals surface area contributed by atoms with E-state index in [1.54, 1.807) is 24.3 Å². The summed E-state index contributed by atoms with van der Waals surface area (Å²) in [5.41, 5.74) is 2.61. The van der Waals surface area contributed by atoms with Crippen LogP contribution in [0.4, 0.5) is 5.69 Å².